The number of imide groups is 1. The average molecular weight is 441 g/mol. The second kappa shape index (κ2) is 8.43. The van der Waals surface area contributed by atoms with Gasteiger partial charge in [0.15, 0.2) is 0 Å². The largest absolute Gasteiger partial charge is 0.497 e. The maximum Gasteiger partial charge on any atom is 0.332 e. The molecule has 166 valence electrons. The van der Waals surface area contributed by atoms with Crippen molar-refractivity contribution < 1.29 is 19.1 Å². The minimum atomic E-state index is -0.486. The normalized spacial score (nSPS) is 16.9. The molecule has 0 aliphatic carbocycles. The number of carbonyl (C=O) groups excluding carboxylic acids is 3. The number of benzene rings is 3. The Hall–Kier alpha value is -4.13. The van der Waals surface area contributed by atoms with Gasteiger partial charge < -0.3 is 15.0 Å². The lowest BCUT2D eigenvalue weighted by atomic mass is 9.95. The smallest absolute Gasteiger partial charge is 0.332 e. The molecule has 0 bridgehead atoms. The van der Waals surface area contributed by atoms with Crippen LogP contribution >= 0.6 is 0 Å². The highest BCUT2D eigenvalue weighted by molar-refractivity contribution is 6.21. The van der Waals surface area contributed by atoms with Crippen LogP contribution in [0.25, 0.3) is 0 Å². The number of rotatable bonds is 5. The molecule has 1 N–H and O–H groups in total. The number of amides is 4. The van der Waals surface area contributed by atoms with Gasteiger partial charge in [-0.15, -0.1) is 0 Å². The predicted octanol–water partition coefficient (Wildman–Crippen LogP) is 3.52. The maximum absolute atomic E-state index is 13.1. The molecule has 7 nitrogen and oxygen atoms in total. The summed E-state index contributed by atoms with van der Waals surface area (Å²) in [6.07, 6.45) is 0.517. The van der Waals surface area contributed by atoms with E-state index in [1.54, 1.807) is 36.3 Å². The van der Waals surface area contributed by atoms with Crippen LogP contribution in [0.5, 0.6) is 5.75 Å². The molecular weight excluding hydrogens is 418 g/mol. The lowest BCUT2D eigenvalue weighted by molar-refractivity contribution is -0.120. The molecule has 0 radical (unpaired) electrons. The Morgan fingerprint density at radius 1 is 0.970 bits per heavy atom. The molecule has 0 unspecified atom stereocenters. The minimum absolute atomic E-state index is 0.230. The van der Waals surface area contributed by atoms with Crippen molar-refractivity contribution >= 4 is 23.5 Å². The first kappa shape index (κ1) is 20.8. The lowest BCUT2D eigenvalue weighted by Crippen LogP contribution is -2.39. The molecule has 3 aromatic carbocycles. The first-order chi connectivity index (χ1) is 16.0. The Morgan fingerprint density at radius 2 is 1.67 bits per heavy atom. The fraction of sp³-hybridized carbons (Fsp3) is 0.192. The monoisotopic (exact) mass is 441 g/mol. The van der Waals surface area contributed by atoms with Gasteiger partial charge in [0.2, 0.25) is 0 Å². The van der Waals surface area contributed by atoms with Crippen LogP contribution in [0.3, 0.4) is 0 Å². The molecule has 5 rings (SSSR count). The molecule has 3 aromatic rings. The van der Waals surface area contributed by atoms with E-state index in [-0.39, 0.29) is 17.8 Å². The molecule has 2 aliphatic rings. The lowest BCUT2D eigenvalue weighted by Gasteiger charge is -2.28. The second-order valence-corrected chi connectivity index (χ2v) is 8.15. The Morgan fingerprint density at radius 3 is 2.36 bits per heavy atom. The Bertz CT molecular complexity index is 1180. The summed E-state index contributed by atoms with van der Waals surface area (Å²) in [6, 6.07) is 21.1. The maximum atomic E-state index is 13.1. The fourth-order valence-electron chi connectivity index (χ4n) is 4.34. The summed E-state index contributed by atoms with van der Waals surface area (Å²) in [5.74, 6) is 0.294. The van der Waals surface area contributed by atoms with Gasteiger partial charge in [-0.1, -0.05) is 36.4 Å². The third kappa shape index (κ3) is 3.82. The average Bonchev–Trinajstić information content (AvgIpc) is 3.10. The third-order valence-corrected chi connectivity index (χ3v) is 6.19. The van der Waals surface area contributed by atoms with E-state index in [2.05, 4.69) is 5.32 Å². The molecule has 2 heterocycles. The molecule has 4 amide bonds. The van der Waals surface area contributed by atoms with Crippen molar-refractivity contribution in [2.75, 3.05) is 12.0 Å². The van der Waals surface area contributed by atoms with E-state index < -0.39 is 6.04 Å². The first-order valence-corrected chi connectivity index (χ1v) is 10.8. The van der Waals surface area contributed by atoms with Crippen LogP contribution in [0.15, 0.2) is 72.8 Å². The fourth-order valence-corrected chi connectivity index (χ4v) is 4.34. The topological polar surface area (TPSA) is 79.0 Å². The highest BCUT2D eigenvalue weighted by atomic mass is 16.5. The van der Waals surface area contributed by atoms with Gasteiger partial charge in [0.1, 0.15) is 11.8 Å². The van der Waals surface area contributed by atoms with E-state index in [1.807, 2.05) is 48.5 Å². The number of urea groups is 1. The zero-order valence-corrected chi connectivity index (χ0v) is 18.2. The molecule has 0 spiro atoms. The molecule has 0 aromatic heterocycles. The summed E-state index contributed by atoms with van der Waals surface area (Å²) < 4.78 is 5.14. The highest BCUT2D eigenvalue weighted by Gasteiger charge is 2.47. The third-order valence-electron chi connectivity index (χ3n) is 6.19. The number of hydrogen-bond acceptors (Lipinski definition) is 4. The van der Waals surface area contributed by atoms with E-state index in [1.165, 1.54) is 4.90 Å². The molecule has 2 aliphatic heterocycles. The summed E-state index contributed by atoms with van der Waals surface area (Å²) >= 11 is 0. The quantitative estimate of drug-likeness (QED) is 0.615. The van der Waals surface area contributed by atoms with E-state index in [0.29, 0.717) is 30.8 Å². The van der Waals surface area contributed by atoms with Gasteiger partial charge in [0.05, 0.1) is 12.8 Å². The number of anilines is 1. The Balaban J connectivity index is 1.27. The second-order valence-electron chi connectivity index (χ2n) is 8.15. The van der Waals surface area contributed by atoms with Crippen LogP contribution < -0.4 is 15.0 Å². The number of methoxy groups -OCH3 is 1. The van der Waals surface area contributed by atoms with Crippen molar-refractivity contribution in [3.63, 3.8) is 0 Å². The van der Waals surface area contributed by atoms with Crippen molar-refractivity contribution in [3.8, 4) is 5.75 Å². The van der Waals surface area contributed by atoms with Crippen molar-refractivity contribution in [3.05, 3.63) is 95.1 Å². The van der Waals surface area contributed by atoms with Gasteiger partial charge in [-0.3, -0.25) is 9.59 Å². The Labute approximate surface area is 191 Å². The molecule has 7 heteroatoms. The number of ether oxygens (including phenoxy) is 1. The van der Waals surface area contributed by atoms with Crippen molar-refractivity contribution in [2.24, 2.45) is 0 Å². The van der Waals surface area contributed by atoms with Crippen molar-refractivity contribution in [1.29, 1.82) is 0 Å². The number of nitrogens with zero attached hydrogens (tertiary/aromatic N) is 2. The van der Waals surface area contributed by atoms with Gasteiger partial charge >= 0.3 is 6.03 Å². The summed E-state index contributed by atoms with van der Waals surface area (Å²) in [7, 11) is 1.61. The summed E-state index contributed by atoms with van der Waals surface area (Å²) in [6.45, 7) is 0.804. The highest BCUT2D eigenvalue weighted by Crippen LogP contribution is 2.32. The van der Waals surface area contributed by atoms with Crippen LogP contribution in [0.2, 0.25) is 0 Å². The van der Waals surface area contributed by atoms with Gasteiger partial charge in [-0.05, 0) is 53.1 Å². The van der Waals surface area contributed by atoms with E-state index in [9.17, 15) is 14.4 Å². The molecule has 1 atom stereocenters. The standard InChI is InChI=1S/C26H23N3O4/c1-33-22-12-6-17(7-13-22)15-27-24(30)18-8-10-21(11-9-18)29-25(31)23-14-19-4-2-3-5-20(19)16-28(23)26(29)32/h2-13,23H,14-16H2,1H3,(H,27,30)/t23-/m0/s1. The molecular formula is C26H23N3O4. The summed E-state index contributed by atoms with van der Waals surface area (Å²) in [4.78, 5) is 41.5. The van der Waals surface area contributed by atoms with Gasteiger partial charge in [0, 0.05) is 25.1 Å². The molecule has 1 fully saturated rings. The summed E-state index contributed by atoms with van der Waals surface area (Å²) in [5.41, 5.74) is 4.05. The molecule has 0 saturated carbocycles. The number of fused-ring (bicyclic) bond motifs is 2. The van der Waals surface area contributed by atoms with Crippen LogP contribution in [-0.2, 0) is 24.3 Å². The van der Waals surface area contributed by atoms with Gasteiger partial charge in [-0.2, -0.15) is 0 Å². The van der Waals surface area contributed by atoms with Crippen LogP contribution in [0, 0.1) is 0 Å². The van der Waals surface area contributed by atoms with E-state index in [0.717, 1.165) is 22.4 Å². The van der Waals surface area contributed by atoms with Crippen molar-refractivity contribution in [1.82, 2.24) is 10.2 Å². The minimum Gasteiger partial charge on any atom is -0.497 e. The number of nitrogens with one attached hydrogen (secondary N) is 1. The van der Waals surface area contributed by atoms with E-state index in [4.69, 9.17) is 4.74 Å². The number of hydrogen-bond donors (Lipinski definition) is 1. The zero-order chi connectivity index (χ0) is 22.9. The zero-order valence-electron chi connectivity index (χ0n) is 18.2. The molecule has 33 heavy (non-hydrogen) atoms. The van der Waals surface area contributed by atoms with E-state index >= 15 is 0 Å². The number of carbonyl (C=O) groups is 3. The predicted molar refractivity (Wildman–Crippen MR) is 123 cm³/mol. The van der Waals surface area contributed by atoms with Crippen LogP contribution in [0.1, 0.15) is 27.0 Å². The summed E-state index contributed by atoms with van der Waals surface area (Å²) in [5, 5.41) is 2.87. The Kier molecular flexibility index (Phi) is 5.30. The first-order valence-electron chi connectivity index (χ1n) is 10.8. The van der Waals surface area contributed by atoms with Gasteiger partial charge in [0.25, 0.3) is 11.8 Å². The molecule has 1 saturated heterocycles. The van der Waals surface area contributed by atoms with Gasteiger partial charge in [-0.25, -0.2) is 9.69 Å². The van der Waals surface area contributed by atoms with Crippen LogP contribution in [0.4, 0.5) is 10.5 Å². The SMILES string of the molecule is COc1ccc(CNC(=O)c2ccc(N3C(=O)[C@@H]4Cc5ccccc5CN4C3=O)cc2)cc1. The van der Waals surface area contributed by atoms with Crippen molar-refractivity contribution in [2.45, 2.75) is 25.6 Å². The van der Waals surface area contributed by atoms with Crippen LogP contribution in [-0.4, -0.2) is 35.9 Å².